The summed E-state index contributed by atoms with van der Waals surface area (Å²) in [5, 5.41) is 0. The molecule has 0 N–H and O–H groups in total. The average Bonchev–Trinajstić information content (AvgIpc) is 2.46. The second kappa shape index (κ2) is 6.29. The van der Waals surface area contributed by atoms with Gasteiger partial charge in [0.15, 0.2) is 5.78 Å². The van der Waals surface area contributed by atoms with Gasteiger partial charge in [-0.15, -0.1) is 0 Å². The van der Waals surface area contributed by atoms with E-state index in [9.17, 15) is 9.59 Å². The number of hydrogen-bond donors (Lipinski definition) is 0. The fourth-order valence-corrected chi connectivity index (χ4v) is 1.98. The van der Waals surface area contributed by atoms with Gasteiger partial charge in [0.2, 0.25) is 5.91 Å². The molecule has 1 aliphatic rings. The van der Waals surface area contributed by atoms with Crippen molar-refractivity contribution in [3.8, 4) is 0 Å². The minimum absolute atomic E-state index is 0.0858. The Morgan fingerprint density at radius 1 is 1.00 bits per heavy atom. The summed E-state index contributed by atoms with van der Waals surface area (Å²) >= 11 is 0. The molecule has 0 radical (unpaired) electrons. The lowest BCUT2D eigenvalue weighted by Crippen LogP contribution is -2.46. The highest BCUT2D eigenvalue weighted by Crippen LogP contribution is 2.03. The van der Waals surface area contributed by atoms with Crippen LogP contribution in [0.5, 0.6) is 0 Å². The SMILES string of the molecule is CN1CCN(C(=O)C=CC(=O)c2ccccc2)CC1. The van der Waals surface area contributed by atoms with Crippen LogP contribution in [0.1, 0.15) is 10.4 Å². The predicted octanol–water partition coefficient (Wildman–Crippen LogP) is 1.20. The lowest BCUT2D eigenvalue weighted by Gasteiger charge is -2.31. The van der Waals surface area contributed by atoms with Gasteiger partial charge in [-0.3, -0.25) is 9.59 Å². The van der Waals surface area contributed by atoms with Crippen LogP contribution >= 0.6 is 0 Å². The van der Waals surface area contributed by atoms with Gasteiger partial charge in [-0.05, 0) is 13.1 Å². The van der Waals surface area contributed by atoms with E-state index in [2.05, 4.69) is 4.90 Å². The first-order valence-electron chi connectivity index (χ1n) is 6.42. The maximum atomic E-state index is 11.9. The van der Waals surface area contributed by atoms with Crippen LogP contribution in [0.4, 0.5) is 0 Å². The van der Waals surface area contributed by atoms with Crippen LogP contribution in [-0.4, -0.2) is 54.7 Å². The topological polar surface area (TPSA) is 40.6 Å². The standard InChI is InChI=1S/C15H18N2O2/c1-16-9-11-17(12-10-16)15(19)8-7-14(18)13-5-3-2-4-6-13/h2-8H,9-12H2,1H3. The first kappa shape index (κ1) is 13.5. The third-order valence-electron chi connectivity index (χ3n) is 3.25. The van der Waals surface area contributed by atoms with E-state index >= 15 is 0 Å². The van der Waals surface area contributed by atoms with Gasteiger partial charge in [-0.25, -0.2) is 0 Å². The number of hydrogen-bond acceptors (Lipinski definition) is 3. The van der Waals surface area contributed by atoms with E-state index in [1.54, 1.807) is 17.0 Å². The molecule has 4 nitrogen and oxygen atoms in total. The molecule has 1 saturated heterocycles. The van der Waals surface area contributed by atoms with E-state index in [-0.39, 0.29) is 11.7 Å². The molecular weight excluding hydrogens is 240 g/mol. The van der Waals surface area contributed by atoms with Gasteiger partial charge in [0.05, 0.1) is 0 Å². The Hall–Kier alpha value is -1.94. The van der Waals surface area contributed by atoms with Crippen LogP contribution in [-0.2, 0) is 4.79 Å². The molecule has 1 heterocycles. The first-order valence-corrected chi connectivity index (χ1v) is 6.42. The summed E-state index contributed by atoms with van der Waals surface area (Å²) in [6.45, 7) is 3.21. The molecule has 1 aromatic rings. The summed E-state index contributed by atoms with van der Waals surface area (Å²) in [7, 11) is 2.04. The second-order valence-corrected chi connectivity index (χ2v) is 4.69. The van der Waals surface area contributed by atoms with Crippen LogP contribution in [0.25, 0.3) is 0 Å². The van der Waals surface area contributed by atoms with Crippen molar-refractivity contribution >= 4 is 11.7 Å². The van der Waals surface area contributed by atoms with Gasteiger partial charge in [0, 0.05) is 37.8 Å². The number of nitrogens with zero attached hydrogens (tertiary/aromatic N) is 2. The molecule has 19 heavy (non-hydrogen) atoms. The molecule has 4 heteroatoms. The number of carbonyl (C=O) groups excluding carboxylic acids is 2. The Balaban J connectivity index is 1.92. The number of likely N-dealkylation sites (N-methyl/N-ethyl adjacent to an activating group) is 1. The van der Waals surface area contributed by atoms with E-state index in [0.717, 1.165) is 26.2 Å². The zero-order valence-corrected chi connectivity index (χ0v) is 11.1. The van der Waals surface area contributed by atoms with Crippen molar-refractivity contribution in [1.29, 1.82) is 0 Å². The number of piperazine rings is 1. The van der Waals surface area contributed by atoms with Crippen molar-refractivity contribution in [3.05, 3.63) is 48.0 Å². The molecule has 1 amide bonds. The normalized spacial score (nSPS) is 16.8. The molecule has 0 aliphatic carbocycles. The molecule has 2 rings (SSSR count). The highest BCUT2D eigenvalue weighted by molar-refractivity contribution is 6.07. The molecule has 1 aliphatic heterocycles. The third-order valence-corrected chi connectivity index (χ3v) is 3.25. The molecule has 0 saturated carbocycles. The molecule has 1 aromatic carbocycles. The summed E-state index contributed by atoms with van der Waals surface area (Å²) in [5.41, 5.74) is 0.602. The quantitative estimate of drug-likeness (QED) is 0.604. The van der Waals surface area contributed by atoms with Crippen molar-refractivity contribution in [2.75, 3.05) is 33.2 Å². The molecular formula is C15H18N2O2. The van der Waals surface area contributed by atoms with Crippen molar-refractivity contribution in [2.45, 2.75) is 0 Å². The molecule has 0 aromatic heterocycles. The summed E-state index contributed by atoms with van der Waals surface area (Å²) in [5.74, 6) is -0.222. The summed E-state index contributed by atoms with van der Waals surface area (Å²) in [6.07, 6.45) is 2.73. The lowest BCUT2D eigenvalue weighted by atomic mass is 10.1. The van der Waals surface area contributed by atoms with Crippen LogP contribution in [0.15, 0.2) is 42.5 Å². The van der Waals surface area contributed by atoms with Crippen molar-refractivity contribution in [1.82, 2.24) is 9.80 Å². The van der Waals surface area contributed by atoms with Crippen LogP contribution in [0.3, 0.4) is 0 Å². The Morgan fingerprint density at radius 3 is 2.26 bits per heavy atom. The van der Waals surface area contributed by atoms with E-state index in [0.29, 0.717) is 5.56 Å². The molecule has 0 unspecified atom stereocenters. The van der Waals surface area contributed by atoms with E-state index in [1.165, 1.54) is 12.2 Å². The number of benzene rings is 1. The molecule has 0 atom stereocenters. The van der Waals surface area contributed by atoms with Gasteiger partial charge in [-0.1, -0.05) is 30.3 Å². The molecule has 1 fully saturated rings. The van der Waals surface area contributed by atoms with Crippen LogP contribution in [0.2, 0.25) is 0 Å². The Kier molecular flexibility index (Phi) is 4.47. The van der Waals surface area contributed by atoms with E-state index in [1.807, 2.05) is 25.2 Å². The van der Waals surface area contributed by atoms with Crippen LogP contribution < -0.4 is 0 Å². The van der Waals surface area contributed by atoms with Crippen molar-refractivity contribution in [2.24, 2.45) is 0 Å². The molecule has 100 valence electrons. The number of allylic oxidation sites excluding steroid dienone is 1. The third kappa shape index (κ3) is 3.76. The largest absolute Gasteiger partial charge is 0.337 e. The van der Waals surface area contributed by atoms with Gasteiger partial charge < -0.3 is 9.80 Å². The maximum absolute atomic E-state index is 11.9. The number of carbonyl (C=O) groups is 2. The summed E-state index contributed by atoms with van der Waals surface area (Å²) < 4.78 is 0. The van der Waals surface area contributed by atoms with Gasteiger partial charge in [-0.2, -0.15) is 0 Å². The number of ketones is 1. The Labute approximate surface area is 113 Å². The summed E-state index contributed by atoms with van der Waals surface area (Å²) in [6, 6.07) is 8.96. The first-order chi connectivity index (χ1) is 9.16. The van der Waals surface area contributed by atoms with Crippen LogP contribution in [0, 0.1) is 0 Å². The zero-order chi connectivity index (χ0) is 13.7. The second-order valence-electron chi connectivity index (χ2n) is 4.69. The molecule has 0 bridgehead atoms. The highest BCUT2D eigenvalue weighted by atomic mass is 16.2. The zero-order valence-electron chi connectivity index (χ0n) is 11.1. The molecule has 0 spiro atoms. The predicted molar refractivity (Wildman–Crippen MR) is 74.0 cm³/mol. The summed E-state index contributed by atoms with van der Waals surface area (Å²) in [4.78, 5) is 27.7. The maximum Gasteiger partial charge on any atom is 0.246 e. The lowest BCUT2D eigenvalue weighted by molar-refractivity contribution is -0.127. The fraction of sp³-hybridized carbons (Fsp3) is 0.333. The minimum atomic E-state index is -0.136. The Morgan fingerprint density at radius 2 is 1.63 bits per heavy atom. The monoisotopic (exact) mass is 258 g/mol. The van der Waals surface area contributed by atoms with Gasteiger partial charge in [0.1, 0.15) is 0 Å². The van der Waals surface area contributed by atoms with E-state index < -0.39 is 0 Å². The van der Waals surface area contributed by atoms with Gasteiger partial charge in [0.25, 0.3) is 0 Å². The Bertz CT molecular complexity index is 474. The van der Waals surface area contributed by atoms with Gasteiger partial charge >= 0.3 is 0 Å². The average molecular weight is 258 g/mol. The minimum Gasteiger partial charge on any atom is -0.337 e. The number of amides is 1. The highest BCUT2D eigenvalue weighted by Gasteiger charge is 2.17. The number of rotatable bonds is 3. The van der Waals surface area contributed by atoms with Crippen molar-refractivity contribution in [3.63, 3.8) is 0 Å². The fourth-order valence-electron chi connectivity index (χ4n) is 1.98. The smallest absolute Gasteiger partial charge is 0.246 e. The van der Waals surface area contributed by atoms with E-state index in [4.69, 9.17) is 0 Å². The van der Waals surface area contributed by atoms with Crippen molar-refractivity contribution < 1.29 is 9.59 Å².